The molecule has 3 aromatic rings. The number of halogens is 3. The van der Waals surface area contributed by atoms with Crippen molar-refractivity contribution in [2.24, 2.45) is 0 Å². The van der Waals surface area contributed by atoms with E-state index < -0.39 is 11.9 Å². The normalized spacial score (nSPS) is 18.4. The minimum absolute atomic E-state index is 0.0722. The van der Waals surface area contributed by atoms with Crippen LogP contribution in [-0.4, -0.2) is 42.6 Å². The van der Waals surface area contributed by atoms with Crippen molar-refractivity contribution in [1.82, 2.24) is 29.5 Å². The number of hydrogen-bond acceptors (Lipinski definition) is 5. The Morgan fingerprint density at radius 1 is 1.17 bits per heavy atom. The Balaban J connectivity index is 1.59. The summed E-state index contributed by atoms with van der Waals surface area (Å²) in [5.74, 6) is 0.803. The fourth-order valence-corrected chi connectivity index (χ4v) is 3.83. The molecule has 0 aliphatic carbocycles. The predicted octanol–water partition coefficient (Wildman–Crippen LogP) is 3.79. The topological polar surface area (TPSA) is 59.2 Å². The fraction of sp³-hybridized carbons (Fsp3) is 0.500. The van der Waals surface area contributed by atoms with Gasteiger partial charge < -0.3 is 0 Å². The summed E-state index contributed by atoms with van der Waals surface area (Å²) in [7, 11) is 0. The van der Waals surface area contributed by atoms with Crippen LogP contribution >= 0.6 is 0 Å². The van der Waals surface area contributed by atoms with E-state index in [2.05, 4.69) is 25.0 Å². The Kier molecular flexibility index (Phi) is 5.24. The third-order valence-corrected chi connectivity index (χ3v) is 5.32. The number of piperidine rings is 1. The number of likely N-dealkylation sites (tertiary alicyclic amines) is 1. The molecule has 0 aromatic carbocycles. The van der Waals surface area contributed by atoms with Crippen molar-refractivity contribution in [1.29, 1.82) is 0 Å². The molecule has 0 N–H and O–H groups in total. The van der Waals surface area contributed by atoms with Gasteiger partial charge in [-0.2, -0.15) is 18.3 Å². The molecule has 154 valence electrons. The van der Waals surface area contributed by atoms with E-state index in [1.165, 1.54) is 0 Å². The highest BCUT2D eigenvalue weighted by Crippen LogP contribution is 2.32. The smallest absolute Gasteiger partial charge is 0.298 e. The first-order valence-electron chi connectivity index (χ1n) is 9.80. The van der Waals surface area contributed by atoms with Gasteiger partial charge in [0.05, 0.1) is 5.69 Å². The molecule has 0 bridgehead atoms. The summed E-state index contributed by atoms with van der Waals surface area (Å²) < 4.78 is 41.5. The number of nitrogens with zero attached hydrogens (tertiary/aromatic N) is 6. The Labute approximate surface area is 166 Å². The molecule has 6 nitrogen and oxygen atoms in total. The molecular formula is C20H23F3N6. The molecule has 4 rings (SSSR count). The number of rotatable bonds is 4. The highest BCUT2D eigenvalue weighted by atomic mass is 19.4. The van der Waals surface area contributed by atoms with Crippen LogP contribution in [0.5, 0.6) is 0 Å². The van der Waals surface area contributed by atoms with E-state index in [0.717, 1.165) is 54.4 Å². The summed E-state index contributed by atoms with van der Waals surface area (Å²) in [5.41, 5.74) is 1.60. The van der Waals surface area contributed by atoms with Gasteiger partial charge >= 0.3 is 6.18 Å². The van der Waals surface area contributed by atoms with Crippen molar-refractivity contribution in [3.63, 3.8) is 0 Å². The van der Waals surface area contributed by atoms with Crippen molar-refractivity contribution in [2.45, 2.75) is 51.7 Å². The molecule has 0 spiro atoms. The highest BCUT2D eigenvalue weighted by molar-refractivity contribution is 5.43. The molecule has 1 unspecified atom stereocenters. The standard InChI is InChI=1S/C20H23F3N6/c1-3-16-7-18(20(21,22)23)29-19(26-16)8-17(27-29)15-5-4-6-28(12-15)11-14-9-24-13(2)25-10-14/h7-10,15H,3-6,11-12H2,1-2H3. The van der Waals surface area contributed by atoms with Crippen LogP contribution in [0.25, 0.3) is 5.65 Å². The summed E-state index contributed by atoms with van der Waals surface area (Å²) in [5, 5.41) is 4.31. The minimum atomic E-state index is -4.47. The van der Waals surface area contributed by atoms with E-state index in [-0.39, 0.29) is 11.6 Å². The quantitative estimate of drug-likeness (QED) is 0.662. The van der Waals surface area contributed by atoms with E-state index in [9.17, 15) is 13.2 Å². The summed E-state index contributed by atoms with van der Waals surface area (Å²) in [6.45, 7) is 6.03. The lowest BCUT2D eigenvalue weighted by Crippen LogP contribution is -2.34. The highest BCUT2D eigenvalue weighted by Gasteiger charge is 2.35. The van der Waals surface area contributed by atoms with Crippen LogP contribution in [0.15, 0.2) is 24.5 Å². The first-order valence-corrected chi connectivity index (χ1v) is 9.80. The van der Waals surface area contributed by atoms with Gasteiger partial charge in [0.2, 0.25) is 0 Å². The van der Waals surface area contributed by atoms with Gasteiger partial charge in [-0.05, 0) is 38.8 Å². The van der Waals surface area contributed by atoms with Gasteiger partial charge in [0, 0.05) is 48.7 Å². The van der Waals surface area contributed by atoms with E-state index in [0.29, 0.717) is 17.8 Å². The zero-order valence-electron chi connectivity index (χ0n) is 16.4. The average Bonchev–Trinajstić information content (AvgIpc) is 3.12. The van der Waals surface area contributed by atoms with Gasteiger partial charge in [-0.3, -0.25) is 4.90 Å². The van der Waals surface area contributed by atoms with Gasteiger partial charge in [0.1, 0.15) is 11.5 Å². The maximum Gasteiger partial charge on any atom is 0.433 e. The molecule has 0 radical (unpaired) electrons. The number of aromatic nitrogens is 5. The van der Waals surface area contributed by atoms with Crippen LogP contribution in [0.3, 0.4) is 0 Å². The molecule has 4 heterocycles. The SMILES string of the molecule is CCc1cc(C(F)(F)F)n2nc(C3CCCN(Cc4cnc(C)nc4)C3)cc2n1. The van der Waals surface area contributed by atoms with E-state index >= 15 is 0 Å². The first kappa shape index (κ1) is 19.8. The molecule has 1 saturated heterocycles. The second-order valence-corrected chi connectivity index (χ2v) is 7.54. The summed E-state index contributed by atoms with van der Waals surface area (Å²) in [6.07, 6.45) is 1.47. The number of fused-ring (bicyclic) bond motifs is 1. The van der Waals surface area contributed by atoms with E-state index in [1.54, 1.807) is 13.0 Å². The third kappa shape index (κ3) is 4.24. The monoisotopic (exact) mass is 404 g/mol. The van der Waals surface area contributed by atoms with Crippen molar-refractivity contribution in [2.75, 3.05) is 13.1 Å². The van der Waals surface area contributed by atoms with Gasteiger partial charge in [-0.1, -0.05) is 6.92 Å². The zero-order chi connectivity index (χ0) is 20.6. The number of hydrogen-bond donors (Lipinski definition) is 0. The van der Waals surface area contributed by atoms with Crippen molar-refractivity contribution >= 4 is 5.65 Å². The number of aryl methyl sites for hydroxylation is 2. The lowest BCUT2D eigenvalue weighted by molar-refractivity contribution is -0.142. The van der Waals surface area contributed by atoms with E-state index in [4.69, 9.17) is 0 Å². The third-order valence-electron chi connectivity index (χ3n) is 5.32. The van der Waals surface area contributed by atoms with Crippen LogP contribution in [0.1, 0.15) is 54.2 Å². The van der Waals surface area contributed by atoms with Gasteiger partial charge in [0.25, 0.3) is 0 Å². The van der Waals surface area contributed by atoms with Crippen LogP contribution in [0.4, 0.5) is 13.2 Å². The molecule has 0 saturated carbocycles. The van der Waals surface area contributed by atoms with Crippen LogP contribution in [0.2, 0.25) is 0 Å². The Bertz CT molecular complexity index is 996. The first-order chi connectivity index (χ1) is 13.8. The van der Waals surface area contributed by atoms with Crippen LogP contribution in [0, 0.1) is 6.92 Å². The minimum Gasteiger partial charge on any atom is -0.298 e. The summed E-state index contributed by atoms with van der Waals surface area (Å²) in [4.78, 5) is 15.1. The van der Waals surface area contributed by atoms with E-state index in [1.807, 2.05) is 19.3 Å². The molecule has 1 fully saturated rings. The Hall–Kier alpha value is -2.55. The number of alkyl halides is 3. The lowest BCUT2D eigenvalue weighted by atomic mass is 9.94. The lowest BCUT2D eigenvalue weighted by Gasteiger charge is -2.31. The average molecular weight is 404 g/mol. The van der Waals surface area contributed by atoms with Crippen LogP contribution in [-0.2, 0) is 19.1 Å². The van der Waals surface area contributed by atoms with Gasteiger partial charge in [0.15, 0.2) is 5.65 Å². The van der Waals surface area contributed by atoms with Crippen molar-refractivity contribution < 1.29 is 13.2 Å². The van der Waals surface area contributed by atoms with Crippen molar-refractivity contribution in [3.05, 3.63) is 53.0 Å². The zero-order valence-corrected chi connectivity index (χ0v) is 16.4. The molecule has 1 atom stereocenters. The second kappa shape index (κ2) is 7.70. The summed E-state index contributed by atoms with van der Waals surface area (Å²) in [6, 6.07) is 2.80. The second-order valence-electron chi connectivity index (χ2n) is 7.54. The maximum atomic E-state index is 13.5. The fourth-order valence-electron chi connectivity index (χ4n) is 3.83. The molecular weight excluding hydrogens is 381 g/mol. The Morgan fingerprint density at radius 2 is 1.93 bits per heavy atom. The molecule has 29 heavy (non-hydrogen) atoms. The van der Waals surface area contributed by atoms with Gasteiger partial charge in [-0.15, -0.1) is 0 Å². The molecule has 9 heteroatoms. The summed E-state index contributed by atoms with van der Waals surface area (Å²) >= 11 is 0. The van der Waals surface area contributed by atoms with Crippen molar-refractivity contribution in [3.8, 4) is 0 Å². The predicted molar refractivity (Wildman–Crippen MR) is 101 cm³/mol. The molecule has 1 aliphatic heterocycles. The molecule has 0 amide bonds. The Morgan fingerprint density at radius 3 is 2.62 bits per heavy atom. The molecule has 1 aliphatic rings. The largest absolute Gasteiger partial charge is 0.433 e. The van der Waals surface area contributed by atoms with Crippen LogP contribution < -0.4 is 0 Å². The van der Waals surface area contributed by atoms with Gasteiger partial charge in [-0.25, -0.2) is 19.5 Å². The maximum absolute atomic E-state index is 13.5. The molecule has 3 aromatic heterocycles.